The van der Waals surface area contributed by atoms with Crippen LogP contribution in [-0.4, -0.2) is 44.0 Å². The molecule has 1 N–H and O–H groups in total. The number of aromatic nitrogens is 4. The lowest BCUT2D eigenvalue weighted by molar-refractivity contribution is -0.133. The molecule has 1 fully saturated rings. The summed E-state index contributed by atoms with van der Waals surface area (Å²) in [6.07, 6.45) is 3.76. The van der Waals surface area contributed by atoms with Gasteiger partial charge in [-0.25, -0.2) is 4.98 Å². The first-order chi connectivity index (χ1) is 14.3. The number of hydrogen-bond donors (Lipinski definition) is 1. The van der Waals surface area contributed by atoms with Gasteiger partial charge in [-0.15, -0.1) is 0 Å². The number of rotatable bonds is 5. The van der Waals surface area contributed by atoms with Gasteiger partial charge in [0.1, 0.15) is 0 Å². The van der Waals surface area contributed by atoms with Gasteiger partial charge in [0, 0.05) is 25.1 Å². The maximum Gasteiger partial charge on any atom is 0.231 e. The van der Waals surface area contributed by atoms with Crippen molar-refractivity contribution in [2.75, 3.05) is 13.1 Å². The van der Waals surface area contributed by atoms with Crippen LogP contribution in [0.5, 0.6) is 0 Å². The fourth-order valence-corrected chi connectivity index (χ4v) is 3.83. The maximum absolute atomic E-state index is 12.4. The van der Waals surface area contributed by atoms with Crippen LogP contribution in [0.25, 0.3) is 22.4 Å². The molecule has 5 rings (SSSR count). The maximum atomic E-state index is 12.4. The first kappa shape index (κ1) is 17.6. The highest BCUT2D eigenvalue weighted by Gasteiger charge is 2.30. The first-order valence-corrected chi connectivity index (χ1v) is 9.85. The summed E-state index contributed by atoms with van der Waals surface area (Å²) < 4.78 is 5.57. The summed E-state index contributed by atoms with van der Waals surface area (Å²) in [6.45, 7) is 1.32. The Morgan fingerprint density at radius 1 is 1.17 bits per heavy atom. The fraction of sp³-hybridized carbons (Fsp3) is 0.273. The predicted octanol–water partition coefficient (Wildman–Crippen LogP) is 3.56. The molecule has 2 aromatic heterocycles. The van der Waals surface area contributed by atoms with Crippen molar-refractivity contribution < 1.29 is 9.32 Å². The Morgan fingerprint density at radius 2 is 2.07 bits per heavy atom. The summed E-state index contributed by atoms with van der Waals surface area (Å²) in [5, 5.41) is 4.17. The molecule has 146 valence electrons. The average molecular weight is 387 g/mol. The zero-order valence-electron chi connectivity index (χ0n) is 15.9. The van der Waals surface area contributed by atoms with Crippen LogP contribution >= 0.6 is 0 Å². The molecule has 0 saturated carbocycles. The van der Waals surface area contributed by atoms with E-state index in [4.69, 9.17) is 4.52 Å². The van der Waals surface area contributed by atoms with Crippen LogP contribution in [0.15, 0.2) is 59.4 Å². The zero-order valence-corrected chi connectivity index (χ0v) is 15.9. The average Bonchev–Trinajstić information content (AvgIpc) is 3.43. The van der Waals surface area contributed by atoms with E-state index < -0.39 is 0 Å². The second kappa shape index (κ2) is 7.50. The molecule has 0 aliphatic carbocycles. The Balaban J connectivity index is 1.30. The highest BCUT2D eigenvalue weighted by Crippen LogP contribution is 2.29. The van der Waals surface area contributed by atoms with Crippen molar-refractivity contribution >= 4 is 16.9 Å². The highest BCUT2D eigenvalue weighted by molar-refractivity contribution is 5.80. The molecule has 1 saturated heterocycles. The molecule has 7 heteroatoms. The Kier molecular flexibility index (Phi) is 4.56. The highest BCUT2D eigenvalue weighted by atomic mass is 16.5. The van der Waals surface area contributed by atoms with Gasteiger partial charge in [-0.3, -0.25) is 4.79 Å². The van der Waals surface area contributed by atoms with Crippen molar-refractivity contribution in [3.63, 3.8) is 0 Å². The molecule has 0 spiro atoms. The van der Waals surface area contributed by atoms with Gasteiger partial charge in [-0.2, -0.15) is 4.98 Å². The number of nitrogens with zero attached hydrogens (tertiary/aromatic N) is 4. The van der Waals surface area contributed by atoms with E-state index in [2.05, 4.69) is 32.2 Å². The first-order valence-electron chi connectivity index (χ1n) is 9.85. The Bertz CT molecular complexity index is 1130. The lowest BCUT2D eigenvalue weighted by Gasteiger charge is -2.31. The van der Waals surface area contributed by atoms with E-state index in [1.165, 1.54) is 5.56 Å². The number of aromatic amines is 1. The van der Waals surface area contributed by atoms with E-state index in [0.29, 0.717) is 31.2 Å². The van der Waals surface area contributed by atoms with Crippen molar-refractivity contribution in [1.29, 1.82) is 0 Å². The van der Waals surface area contributed by atoms with Crippen molar-refractivity contribution in [1.82, 2.24) is 25.0 Å². The Hall–Kier alpha value is -3.48. The standard InChI is InChI=1S/C22H21N5O2/c28-20-9-7-17(13-27(20)11-10-15-4-2-1-3-5-15)22-25-21(26-29-22)16-6-8-18-19(12-16)24-14-23-18/h1-6,8,12,14,17H,7,9-11,13H2,(H,23,24). The summed E-state index contributed by atoms with van der Waals surface area (Å²) in [4.78, 5) is 26.2. The minimum atomic E-state index is 0.0700. The zero-order chi connectivity index (χ0) is 19.6. The normalized spacial score (nSPS) is 17.2. The van der Waals surface area contributed by atoms with E-state index in [1.54, 1.807) is 6.33 Å². The number of hydrogen-bond acceptors (Lipinski definition) is 5. The third-order valence-electron chi connectivity index (χ3n) is 5.48. The number of fused-ring (bicyclic) bond motifs is 1. The van der Waals surface area contributed by atoms with Crippen LogP contribution in [-0.2, 0) is 11.2 Å². The second-order valence-electron chi connectivity index (χ2n) is 7.40. The predicted molar refractivity (Wildman–Crippen MR) is 108 cm³/mol. The molecule has 1 aliphatic heterocycles. The van der Waals surface area contributed by atoms with Gasteiger partial charge >= 0.3 is 0 Å². The molecule has 4 aromatic rings. The molecule has 1 aliphatic rings. The van der Waals surface area contributed by atoms with Gasteiger partial charge in [-0.1, -0.05) is 35.5 Å². The molecule has 7 nitrogen and oxygen atoms in total. The minimum absolute atomic E-state index is 0.0700. The number of carbonyl (C=O) groups excluding carboxylic acids is 1. The third-order valence-corrected chi connectivity index (χ3v) is 5.48. The number of imidazole rings is 1. The summed E-state index contributed by atoms with van der Waals surface area (Å²) in [5.74, 6) is 1.42. The van der Waals surface area contributed by atoms with E-state index in [-0.39, 0.29) is 11.8 Å². The van der Waals surface area contributed by atoms with Gasteiger partial charge in [0.05, 0.1) is 23.3 Å². The molecule has 2 aromatic carbocycles. The van der Waals surface area contributed by atoms with Gasteiger partial charge < -0.3 is 14.4 Å². The molecule has 1 atom stereocenters. The van der Waals surface area contributed by atoms with Crippen LogP contribution in [0, 0.1) is 0 Å². The van der Waals surface area contributed by atoms with Crippen LogP contribution in [0.2, 0.25) is 0 Å². The molecule has 29 heavy (non-hydrogen) atoms. The van der Waals surface area contributed by atoms with Crippen LogP contribution < -0.4 is 0 Å². The summed E-state index contributed by atoms with van der Waals surface area (Å²) in [6, 6.07) is 16.1. The monoisotopic (exact) mass is 387 g/mol. The lowest BCUT2D eigenvalue weighted by Crippen LogP contribution is -2.40. The smallest absolute Gasteiger partial charge is 0.231 e. The van der Waals surface area contributed by atoms with E-state index in [1.807, 2.05) is 41.3 Å². The summed E-state index contributed by atoms with van der Waals surface area (Å²) in [7, 11) is 0. The molecule has 3 heterocycles. The van der Waals surface area contributed by atoms with Gasteiger partial charge in [0.15, 0.2) is 0 Å². The third kappa shape index (κ3) is 3.63. The van der Waals surface area contributed by atoms with Crippen molar-refractivity contribution in [2.45, 2.75) is 25.2 Å². The quantitative estimate of drug-likeness (QED) is 0.566. The van der Waals surface area contributed by atoms with Crippen LogP contribution in [0.1, 0.15) is 30.2 Å². The topological polar surface area (TPSA) is 87.9 Å². The lowest BCUT2D eigenvalue weighted by atomic mass is 9.97. The van der Waals surface area contributed by atoms with Gasteiger partial charge in [-0.05, 0) is 36.6 Å². The van der Waals surface area contributed by atoms with Crippen molar-refractivity contribution in [3.8, 4) is 11.4 Å². The fourth-order valence-electron chi connectivity index (χ4n) is 3.83. The summed E-state index contributed by atoms with van der Waals surface area (Å²) in [5.41, 5.74) is 3.95. The Morgan fingerprint density at radius 3 is 2.97 bits per heavy atom. The SMILES string of the molecule is O=C1CCC(c2nc(-c3ccc4nc[nH]c4c3)no2)CN1CCc1ccccc1. The van der Waals surface area contributed by atoms with Crippen molar-refractivity contribution in [3.05, 3.63) is 66.3 Å². The number of likely N-dealkylation sites (tertiary alicyclic amines) is 1. The van der Waals surface area contributed by atoms with Gasteiger partial charge in [0.2, 0.25) is 17.6 Å². The molecular formula is C22H21N5O2. The van der Waals surface area contributed by atoms with E-state index in [9.17, 15) is 4.79 Å². The minimum Gasteiger partial charge on any atom is -0.345 e. The summed E-state index contributed by atoms with van der Waals surface area (Å²) >= 11 is 0. The van der Waals surface area contributed by atoms with Crippen molar-refractivity contribution in [2.24, 2.45) is 0 Å². The van der Waals surface area contributed by atoms with Crippen LogP contribution in [0.4, 0.5) is 0 Å². The number of benzene rings is 2. The molecule has 1 unspecified atom stereocenters. The number of carbonyl (C=O) groups is 1. The number of H-pyrrole nitrogens is 1. The molecule has 0 radical (unpaired) electrons. The number of amides is 1. The number of piperidine rings is 1. The van der Waals surface area contributed by atoms with Crippen LogP contribution in [0.3, 0.4) is 0 Å². The molecule has 0 bridgehead atoms. The number of nitrogens with one attached hydrogen (secondary N) is 1. The molecule has 1 amide bonds. The van der Waals surface area contributed by atoms with Gasteiger partial charge in [0.25, 0.3) is 0 Å². The second-order valence-corrected chi connectivity index (χ2v) is 7.40. The van der Waals surface area contributed by atoms with E-state index in [0.717, 1.165) is 29.4 Å². The largest absolute Gasteiger partial charge is 0.345 e. The molecular weight excluding hydrogens is 366 g/mol. The Labute approximate surface area is 167 Å². The van der Waals surface area contributed by atoms with E-state index >= 15 is 0 Å².